The lowest BCUT2D eigenvalue weighted by Crippen LogP contribution is -2.26. The third-order valence-corrected chi connectivity index (χ3v) is 6.49. The van der Waals surface area contributed by atoms with Crippen molar-refractivity contribution in [2.75, 3.05) is 13.7 Å². The van der Waals surface area contributed by atoms with Crippen LogP contribution in [0.25, 0.3) is 28.0 Å². The summed E-state index contributed by atoms with van der Waals surface area (Å²) < 4.78 is 40.0. The Morgan fingerprint density at radius 1 is 1.15 bits per heavy atom. The number of hydrogen-bond acceptors (Lipinski definition) is 7. The van der Waals surface area contributed by atoms with Gasteiger partial charge in [-0.1, -0.05) is 0 Å². The van der Waals surface area contributed by atoms with Crippen LogP contribution >= 0.6 is 0 Å². The van der Waals surface area contributed by atoms with E-state index in [1.54, 1.807) is 34.6 Å². The molecule has 1 amide bonds. The van der Waals surface area contributed by atoms with Crippen LogP contribution in [-0.4, -0.2) is 67.6 Å². The number of imidazole rings is 1. The van der Waals surface area contributed by atoms with Gasteiger partial charge >= 0.3 is 12.6 Å². The Labute approximate surface area is 220 Å². The number of aliphatic hydroxyl groups is 1. The predicted molar refractivity (Wildman–Crippen MR) is 134 cm³/mol. The number of nitrogens with zero attached hydrogens (tertiary/aromatic N) is 4. The lowest BCUT2D eigenvalue weighted by atomic mass is 9.93. The average molecular weight is 542 g/mol. The maximum Gasteiger partial charge on any atom is 0.387 e. The molecule has 1 atom stereocenters. The lowest BCUT2D eigenvalue weighted by Gasteiger charge is -2.18. The zero-order chi connectivity index (χ0) is 27.8. The van der Waals surface area contributed by atoms with E-state index in [0.717, 1.165) is 12.8 Å². The number of rotatable bonds is 10. The lowest BCUT2D eigenvalue weighted by molar-refractivity contribution is -0.139. The van der Waals surface area contributed by atoms with Crippen molar-refractivity contribution in [3.8, 4) is 33.9 Å². The van der Waals surface area contributed by atoms with Crippen LogP contribution in [0.5, 0.6) is 11.5 Å². The monoisotopic (exact) mass is 541 g/mol. The van der Waals surface area contributed by atoms with Gasteiger partial charge < -0.3 is 25.0 Å². The van der Waals surface area contributed by atoms with E-state index < -0.39 is 31.0 Å². The topological polar surface area (TPSA) is 140 Å². The highest BCUT2D eigenvalue weighted by molar-refractivity contribution is 6.01. The second-order valence-electron chi connectivity index (χ2n) is 9.17. The molecule has 1 aliphatic carbocycles. The Bertz CT molecular complexity index is 1560. The van der Waals surface area contributed by atoms with Crippen LogP contribution in [0, 0.1) is 0 Å². The van der Waals surface area contributed by atoms with Gasteiger partial charge in [-0.25, -0.2) is 4.98 Å². The molecule has 13 heteroatoms. The normalized spacial score (nSPS) is 14.0. The van der Waals surface area contributed by atoms with Gasteiger partial charge in [-0.15, -0.1) is 0 Å². The van der Waals surface area contributed by atoms with Gasteiger partial charge in [0, 0.05) is 36.6 Å². The molecule has 0 bridgehead atoms. The van der Waals surface area contributed by atoms with Crippen LogP contribution in [0.15, 0.2) is 43.0 Å². The summed E-state index contributed by atoms with van der Waals surface area (Å²) in [7, 11) is 3.03. The quantitative estimate of drug-likeness (QED) is 0.278. The smallest absolute Gasteiger partial charge is 0.387 e. The first-order chi connectivity index (χ1) is 18.7. The number of aliphatic hydroxyl groups excluding tert-OH is 1. The second-order valence-corrected chi connectivity index (χ2v) is 9.17. The van der Waals surface area contributed by atoms with E-state index in [9.17, 15) is 28.6 Å². The molecular weight excluding hydrogens is 516 g/mol. The van der Waals surface area contributed by atoms with Gasteiger partial charge in [-0.3, -0.25) is 18.7 Å². The highest BCUT2D eigenvalue weighted by Gasteiger charge is 2.30. The van der Waals surface area contributed by atoms with Gasteiger partial charge in [0.15, 0.2) is 0 Å². The van der Waals surface area contributed by atoms with E-state index in [1.807, 2.05) is 0 Å². The Morgan fingerprint density at radius 3 is 2.49 bits per heavy atom. The first-order valence-corrected chi connectivity index (χ1v) is 12.0. The summed E-state index contributed by atoms with van der Waals surface area (Å²) in [6.07, 6.45) is 7.88. The minimum atomic E-state index is -3.20. The standard InChI is InChI=1S/C26H25F2N5O6/c1-32-10-14(8-30-32)16-7-22-29-9-19(33(22)11-17(16)18(12-34)25(36)37)13-5-20(38-2)23(21(6-13)39-26(27)28)24(35)31-15-3-4-15/h5-11,15,18,26,34H,3-4,12H2,1-2H3,(H,31,35)(H,36,37). The van der Waals surface area contributed by atoms with Crippen molar-refractivity contribution in [2.24, 2.45) is 7.05 Å². The summed E-state index contributed by atoms with van der Waals surface area (Å²) in [5.74, 6) is -3.45. The maximum atomic E-state index is 13.4. The van der Waals surface area contributed by atoms with Gasteiger partial charge in [0.1, 0.15) is 28.6 Å². The second kappa shape index (κ2) is 10.3. The molecule has 39 heavy (non-hydrogen) atoms. The molecule has 0 radical (unpaired) electrons. The van der Waals surface area contributed by atoms with Gasteiger partial charge in [0.25, 0.3) is 5.91 Å². The van der Waals surface area contributed by atoms with Crippen LogP contribution in [-0.2, 0) is 11.8 Å². The average Bonchev–Trinajstić information content (AvgIpc) is 3.43. The molecule has 1 unspecified atom stereocenters. The summed E-state index contributed by atoms with van der Waals surface area (Å²) in [6.45, 7) is -3.86. The number of ether oxygens (including phenoxy) is 2. The number of carboxylic acid groups (broad SMARTS) is 1. The molecule has 0 spiro atoms. The Hall–Kier alpha value is -4.52. The Balaban J connectivity index is 1.69. The fraction of sp³-hybridized carbons (Fsp3) is 0.308. The van der Waals surface area contributed by atoms with E-state index in [0.29, 0.717) is 33.6 Å². The molecule has 4 aromatic rings. The number of aromatic nitrogens is 4. The van der Waals surface area contributed by atoms with Crippen molar-refractivity contribution in [1.82, 2.24) is 24.5 Å². The van der Waals surface area contributed by atoms with Crippen LogP contribution in [0.4, 0.5) is 8.78 Å². The molecule has 1 fully saturated rings. The largest absolute Gasteiger partial charge is 0.496 e. The predicted octanol–water partition coefficient (Wildman–Crippen LogP) is 3.06. The number of benzene rings is 1. The number of carbonyl (C=O) groups is 2. The van der Waals surface area contributed by atoms with Crippen molar-refractivity contribution in [3.63, 3.8) is 0 Å². The molecule has 204 valence electrons. The van der Waals surface area contributed by atoms with E-state index >= 15 is 0 Å². The zero-order valence-electron chi connectivity index (χ0n) is 21.0. The van der Waals surface area contributed by atoms with Crippen molar-refractivity contribution in [3.05, 3.63) is 54.1 Å². The Morgan fingerprint density at radius 2 is 1.90 bits per heavy atom. The number of carbonyl (C=O) groups excluding carboxylic acids is 1. The molecule has 1 saturated carbocycles. The zero-order valence-corrected chi connectivity index (χ0v) is 21.0. The number of nitrogens with one attached hydrogen (secondary N) is 1. The van der Waals surface area contributed by atoms with Crippen LogP contribution in [0.3, 0.4) is 0 Å². The third-order valence-electron chi connectivity index (χ3n) is 6.49. The van der Waals surface area contributed by atoms with Gasteiger partial charge in [-0.05, 0) is 42.2 Å². The minimum Gasteiger partial charge on any atom is -0.496 e. The number of halogens is 2. The number of aryl methyl sites for hydroxylation is 1. The van der Waals surface area contributed by atoms with Gasteiger partial charge in [0.05, 0.1) is 31.8 Å². The molecular formula is C26H25F2N5O6. The number of pyridine rings is 1. The number of alkyl halides is 2. The van der Waals surface area contributed by atoms with Gasteiger partial charge in [0.2, 0.25) is 0 Å². The highest BCUT2D eigenvalue weighted by atomic mass is 19.3. The summed E-state index contributed by atoms with van der Waals surface area (Å²) in [5.41, 5.74) is 2.40. The number of carboxylic acids is 1. The van der Waals surface area contributed by atoms with E-state index in [1.165, 1.54) is 31.6 Å². The summed E-state index contributed by atoms with van der Waals surface area (Å²) in [4.78, 5) is 29.3. The highest BCUT2D eigenvalue weighted by Crippen LogP contribution is 2.38. The molecule has 11 nitrogen and oxygen atoms in total. The molecule has 3 aromatic heterocycles. The minimum absolute atomic E-state index is 0.0159. The summed E-state index contributed by atoms with van der Waals surface area (Å²) in [5, 5.41) is 26.6. The molecule has 0 aliphatic heterocycles. The van der Waals surface area contributed by atoms with Crippen molar-refractivity contribution in [1.29, 1.82) is 0 Å². The molecule has 5 rings (SSSR count). The van der Waals surface area contributed by atoms with Crippen LogP contribution in [0.1, 0.15) is 34.7 Å². The molecule has 1 aliphatic rings. The number of hydrogen-bond donors (Lipinski definition) is 3. The third kappa shape index (κ3) is 5.12. The van der Waals surface area contributed by atoms with E-state index in [-0.39, 0.29) is 23.1 Å². The fourth-order valence-corrected chi connectivity index (χ4v) is 4.45. The molecule has 0 saturated heterocycles. The van der Waals surface area contributed by atoms with Crippen molar-refractivity contribution in [2.45, 2.75) is 31.4 Å². The van der Waals surface area contributed by atoms with Crippen LogP contribution in [0.2, 0.25) is 0 Å². The summed E-state index contributed by atoms with van der Waals surface area (Å²) >= 11 is 0. The number of aliphatic carboxylic acids is 1. The number of methoxy groups -OCH3 is 1. The number of fused-ring (bicyclic) bond motifs is 1. The molecule has 3 heterocycles. The first kappa shape index (κ1) is 26.1. The SMILES string of the molecule is COc1cc(-c2cnc3cc(-c4cnn(C)c4)c(C(CO)C(=O)O)cn23)cc(OC(F)F)c1C(=O)NC1CC1. The number of amides is 1. The molecule has 3 N–H and O–H groups in total. The Kier molecular flexibility index (Phi) is 6.91. The maximum absolute atomic E-state index is 13.4. The van der Waals surface area contributed by atoms with E-state index in [4.69, 9.17) is 9.47 Å². The van der Waals surface area contributed by atoms with Gasteiger partial charge in [-0.2, -0.15) is 13.9 Å². The first-order valence-electron chi connectivity index (χ1n) is 12.0. The fourth-order valence-electron chi connectivity index (χ4n) is 4.45. The molecule has 1 aromatic carbocycles. The van der Waals surface area contributed by atoms with Crippen molar-refractivity contribution >= 4 is 17.5 Å². The van der Waals surface area contributed by atoms with Crippen molar-refractivity contribution < 1.29 is 38.1 Å². The van der Waals surface area contributed by atoms with E-state index in [2.05, 4.69) is 15.4 Å². The van der Waals surface area contributed by atoms with Crippen LogP contribution < -0.4 is 14.8 Å². The summed E-state index contributed by atoms with van der Waals surface area (Å²) in [6, 6.07) is 4.42.